The molecule has 0 amide bonds. The molecule has 4 N–H and O–H groups in total. The Morgan fingerprint density at radius 3 is 2.53 bits per heavy atom. The van der Waals surface area contributed by atoms with Crippen LogP contribution in [0.5, 0.6) is 5.88 Å². The number of alkyl halides is 3. The summed E-state index contributed by atoms with van der Waals surface area (Å²) < 4.78 is 57.5. The summed E-state index contributed by atoms with van der Waals surface area (Å²) in [5.74, 6) is -1.47. The summed E-state index contributed by atoms with van der Waals surface area (Å²) in [6.45, 7) is 5.36. The van der Waals surface area contributed by atoms with Gasteiger partial charge in [-0.3, -0.25) is 9.59 Å². The van der Waals surface area contributed by atoms with Gasteiger partial charge in [0.25, 0.3) is 0 Å². The van der Waals surface area contributed by atoms with Crippen LogP contribution in [0.1, 0.15) is 55.5 Å². The first-order valence-electron chi connectivity index (χ1n) is 16.8. The molecule has 2 unspecified atom stereocenters. The number of nitrogens with one attached hydrogen (secondary N) is 1. The van der Waals surface area contributed by atoms with Gasteiger partial charge < -0.3 is 30.5 Å². The van der Waals surface area contributed by atoms with E-state index in [2.05, 4.69) is 20.4 Å². The van der Waals surface area contributed by atoms with E-state index < -0.39 is 24.3 Å². The number of halogens is 3. The maximum atomic E-state index is 15.1. The van der Waals surface area contributed by atoms with Crippen molar-refractivity contribution in [3.8, 4) is 22.7 Å². The molecule has 0 aliphatic carbocycles. The fourth-order valence-electron chi connectivity index (χ4n) is 6.85. The Labute approximate surface area is 292 Å². The van der Waals surface area contributed by atoms with Crippen molar-refractivity contribution >= 4 is 23.7 Å². The number of nitrogens with zero attached hydrogens (tertiary/aromatic N) is 5. The zero-order valence-corrected chi connectivity index (χ0v) is 28.3. The number of carbonyl (C=O) groups is 2. The molecule has 15 heteroatoms. The Kier molecular flexibility index (Phi) is 10.2. The third-order valence-electron chi connectivity index (χ3n) is 9.51. The molecule has 4 heterocycles. The van der Waals surface area contributed by atoms with E-state index in [0.717, 1.165) is 5.56 Å². The van der Waals surface area contributed by atoms with Gasteiger partial charge in [-0.25, -0.2) is 4.68 Å². The average molecular weight is 708 g/mol. The Hall–Kier alpha value is -5.18. The first kappa shape index (κ1) is 35.6. The van der Waals surface area contributed by atoms with Crippen molar-refractivity contribution in [1.29, 1.82) is 0 Å². The molecule has 2 aromatic heterocycles. The van der Waals surface area contributed by atoms with E-state index in [1.807, 2.05) is 17.0 Å². The number of piperidine rings is 1. The number of nitrogen functional groups attached to an aromatic ring is 1. The molecular formula is C36H40F3N7O5. The van der Waals surface area contributed by atoms with Crippen LogP contribution < -0.4 is 20.7 Å². The van der Waals surface area contributed by atoms with Crippen LogP contribution in [0.15, 0.2) is 60.8 Å². The lowest BCUT2D eigenvalue weighted by Crippen LogP contribution is -2.41. The third-order valence-corrected chi connectivity index (χ3v) is 9.51. The Bertz CT molecular complexity index is 1890. The summed E-state index contributed by atoms with van der Waals surface area (Å²) in [6.07, 6.45) is -3.31. The summed E-state index contributed by atoms with van der Waals surface area (Å²) in [6, 6.07) is 14.4. The third kappa shape index (κ3) is 8.25. The number of hydrogen-bond acceptors (Lipinski definition) is 10. The van der Waals surface area contributed by atoms with Crippen LogP contribution in [-0.2, 0) is 20.7 Å². The zero-order chi connectivity index (χ0) is 36.3. The van der Waals surface area contributed by atoms with E-state index in [1.165, 1.54) is 16.8 Å². The predicted octanol–water partition coefficient (Wildman–Crippen LogP) is 5.43. The number of anilines is 2. The Balaban J connectivity index is 1.30. The Morgan fingerprint density at radius 2 is 1.86 bits per heavy atom. The summed E-state index contributed by atoms with van der Waals surface area (Å²) >= 11 is 0. The number of ether oxygens (including phenoxy) is 2. The van der Waals surface area contributed by atoms with Crippen molar-refractivity contribution in [2.45, 2.75) is 64.3 Å². The second-order valence-electron chi connectivity index (χ2n) is 13.1. The van der Waals surface area contributed by atoms with Crippen LogP contribution in [0.2, 0.25) is 0 Å². The topological polar surface area (TPSA) is 158 Å². The molecule has 51 heavy (non-hydrogen) atoms. The number of aryl methyl sites for hydroxylation is 2. The number of hydrogen-bond donors (Lipinski definition) is 3. The highest BCUT2D eigenvalue weighted by Crippen LogP contribution is 2.43. The zero-order valence-electron chi connectivity index (χ0n) is 28.3. The Morgan fingerprint density at radius 1 is 1.10 bits per heavy atom. The smallest absolute Gasteiger partial charge is 0.429 e. The molecule has 2 atom stereocenters. The fourth-order valence-corrected chi connectivity index (χ4v) is 6.85. The van der Waals surface area contributed by atoms with E-state index in [4.69, 9.17) is 15.2 Å². The van der Waals surface area contributed by atoms with Crippen LogP contribution in [0.3, 0.4) is 0 Å². The first-order valence-corrected chi connectivity index (χ1v) is 16.8. The van der Waals surface area contributed by atoms with E-state index in [9.17, 15) is 14.7 Å². The quantitative estimate of drug-likeness (QED) is 0.171. The largest absolute Gasteiger partial charge is 0.480 e. The molecule has 6 rings (SSSR count). The minimum atomic E-state index is -4.88. The lowest BCUT2D eigenvalue weighted by atomic mass is 9.76. The molecule has 1 spiro atoms. The number of rotatable bonds is 11. The maximum absolute atomic E-state index is 15.1. The van der Waals surface area contributed by atoms with Gasteiger partial charge in [0.15, 0.2) is 0 Å². The summed E-state index contributed by atoms with van der Waals surface area (Å²) in [5, 5.41) is 16.9. The molecule has 4 aromatic rings. The van der Waals surface area contributed by atoms with E-state index >= 15 is 13.2 Å². The van der Waals surface area contributed by atoms with Gasteiger partial charge in [0, 0.05) is 43.9 Å². The number of nitrogens with two attached hydrogens (primary N) is 1. The van der Waals surface area contributed by atoms with Crippen LogP contribution >= 0.6 is 0 Å². The van der Waals surface area contributed by atoms with Crippen LogP contribution in [0.4, 0.5) is 24.9 Å². The van der Waals surface area contributed by atoms with Gasteiger partial charge in [0.2, 0.25) is 17.9 Å². The average Bonchev–Trinajstić information content (AvgIpc) is 3.72. The van der Waals surface area contributed by atoms with E-state index in [1.54, 1.807) is 50.4 Å². The summed E-state index contributed by atoms with van der Waals surface area (Å²) in [7, 11) is 0. The highest BCUT2D eigenvalue weighted by molar-refractivity contribution is 5.74. The van der Waals surface area contributed by atoms with Gasteiger partial charge in [0.05, 0.1) is 18.0 Å². The molecule has 2 aliphatic heterocycles. The van der Waals surface area contributed by atoms with Crippen molar-refractivity contribution in [1.82, 2.24) is 25.1 Å². The number of carbonyl (C=O) groups excluding carboxylic acids is 1. The molecule has 2 aromatic carbocycles. The molecular weight excluding hydrogens is 667 g/mol. The molecule has 0 saturated carbocycles. The second kappa shape index (κ2) is 14.6. The molecule has 2 saturated heterocycles. The standard InChI is InChI=1S/C36H40F3N7O5/c1-3-50-31(47)10-7-23-5-4-6-24(17-23)25-8-9-28(46-14-11-22(2)44-46)26(18-25)32(36(37,38)39)51-30-19-29(42-34(40)43-30)45-15-12-35(13-16-45)20-27(33(48)49)41-21-35/h4-6,8-9,11,14,17-19,27,32,41H,3,7,10,12-13,15-16,20-21H2,1-2H3,(H,48,49)(H2,40,42,43). The number of benzene rings is 2. The molecule has 12 nitrogen and oxygen atoms in total. The van der Waals surface area contributed by atoms with Gasteiger partial charge in [0.1, 0.15) is 11.9 Å². The van der Waals surface area contributed by atoms with Gasteiger partial charge in [-0.15, -0.1) is 0 Å². The summed E-state index contributed by atoms with van der Waals surface area (Å²) in [5.41, 5.74) is 8.43. The van der Waals surface area contributed by atoms with Gasteiger partial charge in [-0.05, 0) is 79.8 Å². The van der Waals surface area contributed by atoms with Crippen LogP contribution in [-0.4, -0.2) is 75.3 Å². The van der Waals surface area contributed by atoms with E-state index in [0.29, 0.717) is 68.0 Å². The minimum absolute atomic E-state index is 0.168. The van der Waals surface area contributed by atoms with Crippen molar-refractivity contribution in [3.05, 3.63) is 77.6 Å². The monoisotopic (exact) mass is 707 g/mol. The number of carboxylic acid groups (broad SMARTS) is 1. The molecule has 2 fully saturated rings. The van der Waals surface area contributed by atoms with Crippen molar-refractivity contribution < 1.29 is 37.3 Å². The van der Waals surface area contributed by atoms with Gasteiger partial charge >= 0.3 is 18.1 Å². The number of carboxylic acids is 1. The maximum Gasteiger partial charge on any atom is 0.429 e. The number of esters is 1. The fraction of sp³-hybridized carbons (Fsp3) is 0.417. The number of aliphatic carboxylic acids is 1. The number of aromatic nitrogens is 4. The van der Waals surface area contributed by atoms with Crippen molar-refractivity contribution in [3.63, 3.8) is 0 Å². The lowest BCUT2D eigenvalue weighted by Gasteiger charge is -2.39. The highest BCUT2D eigenvalue weighted by Gasteiger charge is 2.46. The van der Waals surface area contributed by atoms with Gasteiger partial charge in [-0.1, -0.05) is 30.3 Å². The molecule has 0 bridgehead atoms. The highest BCUT2D eigenvalue weighted by atomic mass is 19.4. The second-order valence-corrected chi connectivity index (χ2v) is 13.1. The lowest BCUT2D eigenvalue weighted by molar-refractivity contribution is -0.198. The molecule has 0 radical (unpaired) electrons. The van der Waals surface area contributed by atoms with Gasteiger partial charge in [-0.2, -0.15) is 28.2 Å². The first-order chi connectivity index (χ1) is 24.3. The normalized spacial score (nSPS) is 17.7. The SMILES string of the molecule is CCOC(=O)CCc1cccc(-c2ccc(-n3ccc(C)n3)c(C(Oc3cc(N4CCC5(CC4)CNC(C(=O)O)C5)nc(N)n3)C(F)(F)F)c2)c1. The van der Waals surface area contributed by atoms with Crippen molar-refractivity contribution in [2.75, 3.05) is 36.9 Å². The molecule has 270 valence electrons. The minimum Gasteiger partial charge on any atom is -0.480 e. The summed E-state index contributed by atoms with van der Waals surface area (Å²) in [4.78, 5) is 33.7. The van der Waals surface area contributed by atoms with Crippen LogP contribution in [0, 0.1) is 12.3 Å². The van der Waals surface area contributed by atoms with Crippen molar-refractivity contribution in [2.24, 2.45) is 5.41 Å². The van der Waals surface area contributed by atoms with E-state index in [-0.39, 0.29) is 47.5 Å². The predicted molar refractivity (Wildman–Crippen MR) is 182 cm³/mol. The van der Waals surface area contributed by atoms with Crippen LogP contribution in [0.25, 0.3) is 16.8 Å². The molecule has 2 aliphatic rings.